The highest BCUT2D eigenvalue weighted by atomic mass is 32.2. The van der Waals surface area contributed by atoms with Crippen molar-refractivity contribution in [2.24, 2.45) is 4.99 Å². The minimum Gasteiger partial charge on any atom is -0.425 e. The van der Waals surface area contributed by atoms with Crippen molar-refractivity contribution in [2.75, 3.05) is 12.3 Å². The second kappa shape index (κ2) is 4.92. The number of benzene rings is 1. The van der Waals surface area contributed by atoms with Crippen LogP contribution in [-0.4, -0.2) is 34.2 Å². The van der Waals surface area contributed by atoms with Crippen LogP contribution in [0.5, 0.6) is 0 Å². The number of cyclic esters (lactones) is 1. The normalized spacial score (nSPS) is 25.3. The molecule has 0 aliphatic carbocycles. The Kier molecular flexibility index (Phi) is 3.33. The summed E-state index contributed by atoms with van der Waals surface area (Å²) in [6, 6.07) is 3.30. The van der Waals surface area contributed by atoms with Crippen LogP contribution in [0.4, 0.5) is 8.78 Å². The number of ether oxygens (including phenoxy) is 1. The fourth-order valence-electron chi connectivity index (χ4n) is 2.37. The van der Waals surface area contributed by atoms with E-state index in [1.807, 2.05) is 0 Å². The number of carbonyl (C=O) groups excluding carboxylic acids is 1. The molecule has 4 nitrogen and oxygen atoms in total. The van der Waals surface area contributed by atoms with E-state index in [1.165, 1.54) is 24.8 Å². The van der Waals surface area contributed by atoms with Crippen molar-refractivity contribution >= 4 is 28.3 Å². The highest BCUT2D eigenvalue weighted by Crippen LogP contribution is 2.41. The van der Waals surface area contributed by atoms with Gasteiger partial charge in [-0.1, -0.05) is 6.07 Å². The van der Waals surface area contributed by atoms with E-state index in [-0.39, 0.29) is 11.1 Å². The first-order valence-corrected chi connectivity index (χ1v) is 7.23. The van der Waals surface area contributed by atoms with Gasteiger partial charge in [0.25, 0.3) is 0 Å². The maximum atomic E-state index is 14.0. The van der Waals surface area contributed by atoms with Gasteiger partial charge < -0.3 is 9.84 Å². The van der Waals surface area contributed by atoms with Gasteiger partial charge in [-0.2, -0.15) is 0 Å². The zero-order valence-corrected chi connectivity index (χ0v) is 11.8. The van der Waals surface area contributed by atoms with Crippen molar-refractivity contribution in [3.63, 3.8) is 0 Å². The molecule has 1 aromatic rings. The van der Waals surface area contributed by atoms with Gasteiger partial charge in [0.15, 0.2) is 0 Å². The molecule has 7 heteroatoms. The number of halogens is 2. The average molecular weight is 311 g/mol. The molecule has 0 saturated carbocycles. The van der Waals surface area contributed by atoms with Crippen LogP contribution in [0.2, 0.25) is 0 Å². The van der Waals surface area contributed by atoms with Crippen molar-refractivity contribution in [2.45, 2.75) is 12.7 Å². The van der Waals surface area contributed by atoms with E-state index >= 15 is 0 Å². The highest BCUT2D eigenvalue weighted by molar-refractivity contribution is 8.14. The lowest BCUT2D eigenvalue weighted by atomic mass is 9.97. The van der Waals surface area contributed by atoms with E-state index < -0.39 is 29.0 Å². The average Bonchev–Trinajstić information content (AvgIpc) is 2.96. The molecule has 0 bridgehead atoms. The van der Waals surface area contributed by atoms with Crippen LogP contribution in [-0.2, 0) is 9.53 Å². The van der Waals surface area contributed by atoms with E-state index in [9.17, 15) is 18.7 Å². The Morgan fingerprint density at radius 3 is 2.62 bits per heavy atom. The quantitative estimate of drug-likeness (QED) is 0.850. The molecule has 0 radical (unpaired) electrons. The lowest BCUT2D eigenvalue weighted by molar-refractivity contribution is -0.173. The minimum atomic E-state index is -1.95. The van der Waals surface area contributed by atoms with Crippen LogP contribution >= 0.6 is 11.8 Å². The summed E-state index contributed by atoms with van der Waals surface area (Å²) in [5, 5.41) is 10.6. The number of thioether (sulfide) groups is 1. The van der Waals surface area contributed by atoms with Gasteiger partial charge in [0.05, 0.1) is 16.7 Å². The van der Waals surface area contributed by atoms with Crippen LogP contribution in [0, 0.1) is 11.6 Å². The Balaban J connectivity index is 2.29. The standard InChI is InChI=1S/C14H11F2NO3S/c1-14(19)11(12-17-5-6-21-12)10(13(18)20-14)9-7(15)3-2-4-8(9)16/h2-4,19H,5-6H2,1H3. The molecule has 1 aromatic carbocycles. The Labute approximate surface area is 123 Å². The lowest BCUT2D eigenvalue weighted by Gasteiger charge is -2.19. The summed E-state index contributed by atoms with van der Waals surface area (Å²) in [6.07, 6.45) is 0. The first-order valence-electron chi connectivity index (χ1n) is 6.24. The molecule has 0 spiro atoms. The van der Waals surface area contributed by atoms with Gasteiger partial charge in [-0.05, 0) is 12.1 Å². The Morgan fingerprint density at radius 1 is 1.38 bits per heavy atom. The zero-order valence-electron chi connectivity index (χ0n) is 11.0. The molecule has 21 heavy (non-hydrogen) atoms. The second-order valence-electron chi connectivity index (χ2n) is 4.75. The molecule has 0 aromatic heterocycles. The predicted octanol–water partition coefficient (Wildman–Crippen LogP) is 2.13. The van der Waals surface area contributed by atoms with Gasteiger partial charge in [0.2, 0.25) is 5.79 Å². The number of rotatable bonds is 2. The third-order valence-electron chi connectivity index (χ3n) is 3.22. The molecular weight excluding hydrogens is 300 g/mol. The topological polar surface area (TPSA) is 58.9 Å². The molecule has 110 valence electrons. The van der Waals surface area contributed by atoms with Gasteiger partial charge in [0.1, 0.15) is 16.7 Å². The molecule has 1 N–H and O–H groups in total. The van der Waals surface area contributed by atoms with Crippen LogP contribution < -0.4 is 0 Å². The number of hydrogen-bond donors (Lipinski definition) is 1. The van der Waals surface area contributed by atoms with E-state index in [4.69, 9.17) is 4.74 Å². The van der Waals surface area contributed by atoms with Crippen LogP contribution in [0.1, 0.15) is 12.5 Å². The Bertz CT molecular complexity index is 677. The van der Waals surface area contributed by atoms with Crippen molar-refractivity contribution in [1.82, 2.24) is 0 Å². The monoisotopic (exact) mass is 311 g/mol. The first-order chi connectivity index (χ1) is 9.92. The molecule has 2 heterocycles. The molecule has 1 atom stereocenters. The van der Waals surface area contributed by atoms with Crippen molar-refractivity contribution in [1.29, 1.82) is 0 Å². The zero-order chi connectivity index (χ0) is 15.2. The van der Waals surface area contributed by atoms with E-state index in [0.29, 0.717) is 17.3 Å². The van der Waals surface area contributed by atoms with Crippen LogP contribution in [0.3, 0.4) is 0 Å². The molecule has 1 unspecified atom stereocenters. The fraction of sp³-hybridized carbons (Fsp3) is 0.286. The summed E-state index contributed by atoms with van der Waals surface area (Å²) in [5.74, 6) is -4.01. The van der Waals surface area contributed by atoms with E-state index in [2.05, 4.69) is 4.99 Å². The van der Waals surface area contributed by atoms with Crippen LogP contribution in [0.25, 0.3) is 5.57 Å². The molecule has 2 aliphatic rings. The molecular formula is C14H11F2NO3S. The third-order valence-corrected chi connectivity index (χ3v) is 4.21. The Morgan fingerprint density at radius 2 is 2.05 bits per heavy atom. The summed E-state index contributed by atoms with van der Waals surface area (Å²) in [6.45, 7) is 1.77. The van der Waals surface area contributed by atoms with Crippen molar-refractivity contribution < 1.29 is 23.4 Å². The molecule has 0 saturated heterocycles. The largest absolute Gasteiger partial charge is 0.425 e. The second-order valence-corrected chi connectivity index (χ2v) is 5.84. The molecule has 0 fully saturated rings. The van der Waals surface area contributed by atoms with Gasteiger partial charge >= 0.3 is 5.97 Å². The summed E-state index contributed by atoms with van der Waals surface area (Å²) < 4.78 is 32.8. The van der Waals surface area contributed by atoms with E-state index in [0.717, 1.165) is 12.1 Å². The lowest BCUT2D eigenvalue weighted by Crippen LogP contribution is -2.29. The SMILES string of the molecule is CC1(O)OC(=O)C(c2c(F)cccc2F)=C1C1=NCCS1. The van der Waals surface area contributed by atoms with Crippen molar-refractivity contribution in [3.8, 4) is 0 Å². The number of aliphatic hydroxyl groups is 1. The molecule has 2 aliphatic heterocycles. The number of aliphatic imine (C=N–C) groups is 1. The van der Waals surface area contributed by atoms with Gasteiger partial charge in [-0.3, -0.25) is 4.99 Å². The van der Waals surface area contributed by atoms with E-state index in [1.54, 1.807) is 0 Å². The smallest absolute Gasteiger partial charge is 0.342 e. The number of hydrogen-bond acceptors (Lipinski definition) is 5. The van der Waals surface area contributed by atoms with Gasteiger partial charge in [-0.25, -0.2) is 13.6 Å². The predicted molar refractivity (Wildman–Crippen MR) is 74.8 cm³/mol. The maximum absolute atomic E-state index is 14.0. The number of carbonyl (C=O) groups is 1. The molecule has 3 rings (SSSR count). The fourth-order valence-corrected chi connectivity index (χ4v) is 3.37. The molecule has 0 amide bonds. The van der Waals surface area contributed by atoms with Gasteiger partial charge in [0, 0.05) is 19.2 Å². The maximum Gasteiger partial charge on any atom is 0.342 e. The number of esters is 1. The van der Waals surface area contributed by atoms with Crippen LogP contribution in [0.15, 0.2) is 28.8 Å². The number of nitrogens with zero attached hydrogens (tertiary/aromatic N) is 1. The Hall–Kier alpha value is -1.73. The third kappa shape index (κ3) is 2.26. The summed E-state index contributed by atoms with van der Waals surface area (Å²) in [7, 11) is 0. The van der Waals surface area contributed by atoms with Gasteiger partial charge in [-0.15, -0.1) is 11.8 Å². The minimum absolute atomic E-state index is 0.0269. The van der Waals surface area contributed by atoms with Crippen molar-refractivity contribution in [3.05, 3.63) is 41.0 Å². The summed E-state index contributed by atoms with van der Waals surface area (Å²) in [4.78, 5) is 16.2. The highest BCUT2D eigenvalue weighted by Gasteiger charge is 2.47. The summed E-state index contributed by atoms with van der Waals surface area (Å²) >= 11 is 1.31. The summed E-state index contributed by atoms with van der Waals surface area (Å²) in [5.41, 5.74) is -0.770. The first kappa shape index (κ1) is 14.2.